The van der Waals surface area contributed by atoms with Gasteiger partial charge in [0.2, 0.25) is 0 Å². The van der Waals surface area contributed by atoms with Gasteiger partial charge in [0, 0.05) is 29.7 Å². The number of nitro benzene ring substituents is 1. The molecule has 0 spiro atoms. The van der Waals surface area contributed by atoms with Gasteiger partial charge in [-0.15, -0.1) is 0 Å². The van der Waals surface area contributed by atoms with Crippen molar-refractivity contribution in [2.75, 3.05) is 31.7 Å². The number of hydrogen-bond donors (Lipinski definition) is 0. The molecule has 132 valence electrons. The van der Waals surface area contributed by atoms with Gasteiger partial charge >= 0.3 is 0 Å². The first-order chi connectivity index (χ1) is 12.0. The number of ether oxygens (including phenoxy) is 2. The average molecular weight is 367 g/mol. The molecule has 0 aromatic heterocycles. The van der Waals surface area contributed by atoms with Gasteiger partial charge in [-0.2, -0.15) is 0 Å². The monoisotopic (exact) mass is 366 g/mol. The fraction of sp³-hybridized carbons (Fsp3) is 0.294. The predicted octanol–water partition coefficient (Wildman–Crippen LogP) is 3.97. The van der Waals surface area contributed by atoms with Crippen molar-refractivity contribution in [2.45, 2.75) is 6.10 Å². The van der Waals surface area contributed by atoms with Crippen molar-refractivity contribution in [1.82, 2.24) is 0 Å². The van der Waals surface area contributed by atoms with E-state index in [4.69, 9.17) is 21.1 Å². The van der Waals surface area contributed by atoms with Gasteiger partial charge in [0.1, 0.15) is 11.8 Å². The number of anilines is 1. The standard InChI is InChI=1S/C17H16ClFN2O4/c1-24-16-9-14(15(21(22)23)8-13(16)19)20-6-7-25-17(10-20)11-4-2-3-5-12(11)18/h2-5,8-9,17H,6-7,10H2,1H3. The Kier molecular flexibility index (Phi) is 5.06. The van der Waals surface area contributed by atoms with E-state index in [-0.39, 0.29) is 17.5 Å². The molecule has 0 N–H and O–H groups in total. The Morgan fingerprint density at radius 1 is 1.40 bits per heavy atom. The van der Waals surface area contributed by atoms with Crippen molar-refractivity contribution >= 4 is 23.0 Å². The van der Waals surface area contributed by atoms with E-state index in [1.807, 2.05) is 18.2 Å². The van der Waals surface area contributed by atoms with Crippen molar-refractivity contribution in [1.29, 1.82) is 0 Å². The zero-order valence-corrected chi connectivity index (χ0v) is 14.2. The first-order valence-corrected chi connectivity index (χ1v) is 8.02. The number of rotatable bonds is 4. The number of morpholine rings is 1. The molecular formula is C17H16ClFN2O4. The minimum Gasteiger partial charge on any atom is -0.494 e. The molecule has 1 atom stereocenters. The van der Waals surface area contributed by atoms with E-state index >= 15 is 0 Å². The second kappa shape index (κ2) is 7.25. The first kappa shape index (κ1) is 17.4. The highest BCUT2D eigenvalue weighted by molar-refractivity contribution is 6.31. The molecular weight excluding hydrogens is 351 g/mol. The Morgan fingerprint density at radius 2 is 2.16 bits per heavy atom. The third kappa shape index (κ3) is 3.52. The molecule has 3 rings (SSSR count). The van der Waals surface area contributed by atoms with Crippen LogP contribution in [0.3, 0.4) is 0 Å². The number of hydrogen-bond acceptors (Lipinski definition) is 5. The molecule has 1 aliphatic heterocycles. The first-order valence-electron chi connectivity index (χ1n) is 7.64. The molecule has 2 aromatic rings. The van der Waals surface area contributed by atoms with Crippen LogP contribution in [0.4, 0.5) is 15.8 Å². The van der Waals surface area contributed by atoms with Crippen LogP contribution in [0.25, 0.3) is 0 Å². The van der Waals surface area contributed by atoms with Crippen LogP contribution >= 0.6 is 11.6 Å². The highest BCUT2D eigenvalue weighted by Crippen LogP contribution is 2.37. The summed E-state index contributed by atoms with van der Waals surface area (Å²) in [5, 5.41) is 11.9. The highest BCUT2D eigenvalue weighted by Gasteiger charge is 2.29. The number of halogens is 2. The van der Waals surface area contributed by atoms with E-state index in [1.165, 1.54) is 13.2 Å². The summed E-state index contributed by atoms with van der Waals surface area (Å²) in [5.41, 5.74) is 0.798. The van der Waals surface area contributed by atoms with Crippen LogP contribution in [0.2, 0.25) is 5.02 Å². The number of nitro groups is 1. The Balaban J connectivity index is 1.96. The molecule has 0 aliphatic carbocycles. The van der Waals surface area contributed by atoms with Crippen LogP contribution in [0.5, 0.6) is 5.75 Å². The number of nitrogens with zero attached hydrogens (tertiary/aromatic N) is 2. The zero-order valence-electron chi connectivity index (χ0n) is 13.4. The quantitative estimate of drug-likeness (QED) is 0.605. The average Bonchev–Trinajstić information content (AvgIpc) is 2.62. The molecule has 1 aliphatic rings. The van der Waals surface area contributed by atoms with Crippen molar-refractivity contribution in [2.24, 2.45) is 0 Å². The van der Waals surface area contributed by atoms with Gasteiger partial charge in [0.25, 0.3) is 5.69 Å². The Bertz CT molecular complexity index is 802. The summed E-state index contributed by atoms with van der Waals surface area (Å²) in [4.78, 5) is 12.5. The molecule has 2 aromatic carbocycles. The Labute approximate surface area is 148 Å². The van der Waals surface area contributed by atoms with Crippen molar-refractivity contribution in [3.8, 4) is 5.75 Å². The maximum atomic E-state index is 13.9. The van der Waals surface area contributed by atoms with Crippen LogP contribution in [-0.2, 0) is 4.74 Å². The largest absolute Gasteiger partial charge is 0.494 e. The Hall–Kier alpha value is -2.38. The molecule has 0 saturated carbocycles. The lowest BCUT2D eigenvalue weighted by molar-refractivity contribution is -0.384. The Morgan fingerprint density at radius 3 is 2.84 bits per heavy atom. The lowest BCUT2D eigenvalue weighted by Crippen LogP contribution is -2.38. The van der Waals surface area contributed by atoms with Crippen LogP contribution in [0.1, 0.15) is 11.7 Å². The van der Waals surface area contributed by atoms with E-state index in [1.54, 1.807) is 11.0 Å². The summed E-state index contributed by atoms with van der Waals surface area (Å²) in [7, 11) is 1.32. The normalized spacial score (nSPS) is 17.4. The van der Waals surface area contributed by atoms with E-state index in [0.717, 1.165) is 11.6 Å². The highest BCUT2D eigenvalue weighted by atomic mass is 35.5. The molecule has 0 amide bonds. The third-order valence-electron chi connectivity index (χ3n) is 4.10. The minimum absolute atomic E-state index is 0.0404. The van der Waals surface area contributed by atoms with Crippen molar-refractivity contribution < 1.29 is 18.8 Å². The molecule has 8 heteroatoms. The van der Waals surface area contributed by atoms with E-state index in [9.17, 15) is 14.5 Å². The predicted molar refractivity (Wildman–Crippen MR) is 92.0 cm³/mol. The minimum atomic E-state index is -0.770. The summed E-state index contributed by atoms with van der Waals surface area (Å²) in [6, 6.07) is 9.53. The summed E-state index contributed by atoms with van der Waals surface area (Å²) in [6.07, 6.45) is -0.335. The number of methoxy groups -OCH3 is 1. The topological polar surface area (TPSA) is 64.8 Å². The van der Waals surface area contributed by atoms with E-state index in [2.05, 4.69) is 0 Å². The van der Waals surface area contributed by atoms with Gasteiger partial charge in [-0.25, -0.2) is 4.39 Å². The summed E-state index contributed by atoms with van der Waals surface area (Å²) in [6.45, 7) is 1.17. The van der Waals surface area contributed by atoms with E-state index < -0.39 is 10.7 Å². The molecule has 1 fully saturated rings. The van der Waals surface area contributed by atoms with Gasteiger partial charge in [-0.1, -0.05) is 29.8 Å². The summed E-state index contributed by atoms with van der Waals surface area (Å²) < 4.78 is 24.6. The van der Waals surface area contributed by atoms with Crippen molar-refractivity contribution in [3.63, 3.8) is 0 Å². The smallest absolute Gasteiger partial charge is 0.295 e. The molecule has 0 radical (unpaired) electrons. The lowest BCUT2D eigenvalue weighted by Gasteiger charge is -2.34. The SMILES string of the molecule is COc1cc(N2CCOC(c3ccccc3Cl)C2)c([N+](=O)[O-])cc1F. The fourth-order valence-electron chi connectivity index (χ4n) is 2.88. The fourth-order valence-corrected chi connectivity index (χ4v) is 3.14. The third-order valence-corrected chi connectivity index (χ3v) is 4.45. The zero-order chi connectivity index (χ0) is 18.0. The summed E-state index contributed by atoms with van der Waals surface area (Å²) in [5.74, 6) is -0.810. The van der Waals surface area contributed by atoms with Gasteiger partial charge in [0.05, 0.1) is 24.7 Å². The second-order valence-corrected chi connectivity index (χ2v) is 5.97. The van der Waals surface area contributed by atoms with Crippen LogP contribution in [-0.4, -0.2) is 31.7 Å². The van der Waals surface area contributed by atoms with Gasteiger partial charge in [0.15, 0.2) is 11.6 Å². The molecule has 0 bridgehead atoms. The van der Waals surface area contributed by atoms with E-state index in [0.29, 0.717) is 30.4 Å². The number of benzene rings is 2. The summed E-state index contributed by atoms with van der Waals surface area (Å²) >= 11 is 6.23. The molecule has 1 unspecified atom stereocenters. The van der Waals surface area contributed by atoms with Gasteiger partial charge in [-0.3, -0.25) is 10.1 Å². The molecule has 25 heavy (non-hydrogen) atoms. The maximum Gasteiger partial charge on any atom is 0.295 e. The van der Waals surface area contributed by atoms with Crippen LogP contribution < -0.4 is 9.64 Å². The maximum absolute atomic E-state index is 13.9. The molecule has 1 heterocycles. The van der Waals surface area contributed by atoms with Gasteiger partial charge in [-0.05, 0) is 6.07 Å². The second-order valence-electron chi connectivity index (χ2n) is 5.56. The van der Waals surface area contributed by atoms with Crippen LogP contribution in [0, 0.1) is 15.9 Å². The molecule has 1 saturated heterocycles. The van der Waals surface area contributed by atoms with Crippen LogP contribution in [0.15, 0.2) is 36.4 Å². The molecule has 6 nitrogen and oxygen atoms in total. The lowest BCUT2D eigenvalue weighted by atomic mass is 10.1. The van der Waals surface area contributed by atoms with Gasteiger partial charge < -0.3 is 14.4 Å². The van der Waals surface area contributed by atoms with Crippen molar-refractivity contribution in [3.05, 3.63) is 62.9 Å².